The third-order valence-electron chi connectivity index (χ3n) is 1.20. The number of allylic oxidation sites excluding steroid dienone is 2. The first-order valence-corrected chi connectivity index (χ1v) is 5.15. The monoisotopic (exact) mass is 140 g/mol. The van der Waals surface area contributed by atoms with Gasteiger partial charge in [0.1, 0.15) is 0 Å². The molecule has 0 saturated carbocycles. The number of hydrogen-bond donors (Lipinski definition) is 0. The van der Waals surface area contributed by atoms with Crippen LogP contribution in [0.15, 0.2) is 12.2 Å². The molecule has 0 rings (SSSR count). The average Bonchev–Trinajstić information content (AvgIpc) is 1.89. The van der Waals surface area contributed by atoms with Gasteiger partial charge in [0.25, 0.3) is 0 Å². The van der Waals surface area contributed by atoms with Crippen LogP contribution in [-0.2, 0) is 0 Å². The van der Waals surface area contributed by atoms with Crippen LogP contribution in [0, 0.1) is 0 Å². The maximum absolute atomic E-state index is 2.26. The Morgan fingerprint density at radius 3 is 2.78 bits per heavy atom. The van der Waals surface area contributed by atoms with Gasteiger partial charge >= 0.3 is 0 Å². The van der Waals surface area contributed by atoms with Crippen molar-refractivity contribution in [3.05, 3.63) is 12.2 Å². The summed E-state index contributed by atoms with van der Waals surface area (Å²) in [7, 11) is 1.16. The summed E-state index contributed by atoms with van der Waals surface area (Å²) in [5, 5.41) is 0. The first-order valence-electron chi connectivity index (χ1n) is 3.73. The fourth-order valence-electron chi connectivity index (χ4n) is 0.605. The van der Waals surface area contributed by atoms with Crippen LogP contribution >= 0.6 is 0 Å². The highest BCUT2D eigenvalue weighted by atomic mass is 28.2. The summed E-state index contributed by atoms with van der Waals surface area (Å²) in [6, 6.07) is 2.73. The summed E-state index contributed by atoms with van der Waals surface area (Å²) in [4.78, 5) is 0. The third kappa shape index (κ3) is 7.96. The van der Waals surface area contributed by atoms with E-state index in [9.17, 15) is 0 Å². The molecule has 9 heavy (non-hydrogen) atoms. The summed E-state index contributed by atoms with van der Waals surface area (Å²) in [6.45, 7) is 4.34. The fourth-order valence-corrected chi connectivity index (χ4v) is 1.82. The van der Waals surface area contributed by atoms with Crippen LogP contribution in [-0.4, -0.2) is 9.52 Å². The van der Waals surface area contributed by atoms with Crippen molar-refractivity contribution in [3.8, 4) is 0 Å². The minimum absolute atomic E-state index is 1.16. The van der Waals surface area contributed by atoms with Crippen molar-refractivity contribution >= 4 is 9.52 Å². The van der Waals surface area contributed by atoms with Gasteiger partial charge in [0.15, 0.2) is 0 Å². The van der Waals surface area contributed by atoms with Crippen LogP contribution in [0.3, 0.4) is 0 Å². The first kappa shape index (κ1) is 8.96. The SMILES string of the molecule is C/C=C/C[Si]CCCC. The van der Waals surface area contributed by atoms with Crippen LogP contribution in [0.2, 0.25) is 12.1 Å². The van der Waals surface area contributed by atoms with Gasteiger partial charge < -0.3 is 0 Å². The van der Waals surface area contributed by atoms with Gasteiger partial charge in [-0.05, 0) is 13.0 Å². The van der Waals surface area contributed by atoms with E-state index in [0.717, 1.165) is 9.52 Å². The van der Waals surface area contributed by atoms with E-state index in [2.05, 4.69) is 26.0 Å². The standard InChI is InChI=1S/C8H16Si/c1-3-5-7-9-8-6-4-2/h3,5H,4,6-8H2,1-2H3/b5-3+. The Bertz CT molecular complexity index is 67.0. The second-order valence-electron chi connectivity index (χ2n) is 2.13. The van der Waals surface area contributed by atoms with E-state index < -0.39 is 0 Å². The van der Waals surface area contributed by atoms with Gasteiger partial charge in [-0.25, -0.2) is 0 Å². The van der Waals surface area contributed by atoms with Crippen LogP contribution in [0.4, 0.5) is 0 Å². The van der Waals surface area contributed by atoms with Crippen LogP contribution in [0.1, 0.15) is 26.7 Å². The number of rotatable bonds is 5. The molecule has 0 aliphatic rings. The molecule has 0 bridgehead atoms. The van der Waals surface area contributed by atoms with Crippen molar-refractivity contribution in [2.24, 2.45) is 0 Å². The van der Waals surface area contributed by atoms with E-state index >= 15 is 0 Å². The largest absolute Gasteiger partial charge is 0.0920 e. The quantitative estimate of drug-likeness (QED) is 0.313. The third-order valence-corrected chi connectivity index (χ3v) is 2.44. The Morgan fingerprint density at radius 2 is 2.22 bits per heavy atom. The minimum atomic E-state index is 1.16. The zero-order valence-electron chi connectivity index (χ0n) is 6.48. The lowest BCUT2D eigenvalue weighted by Crippen LogP contribution is -1.84. The molecule has 52 valence electrons. The molecule has 0 aromatic carbocycles. The number of unbranched alkanes of at least 4 members (excludes halogenated alkanes) is 1. The van der Waals surface area contributed by atoms with Crippen LogP contribution in [0.25, 0.3) is 0 Å². The molecule has 0 nitrogen and oxygen atoms in total. The summed E-state index contributed by atoms with van der Waals surface area (Å²) >= 11 is 0. The van der Waals surface area contributed by atoms with Crippen molar-refractivity contribution in [1.29, 1.82) is 0 Å². The smallest absolute Gasteiger partial charge is 0.0420 e. The fraction of sp³-hybridized carbons (Fsp3) is 0.750. The second-order valence-corrected chi connectivity index (χ2v) is 3.53. The van der Waals surface area contributed by atoms with Crippen molar-refractivity contribution < 1.29 is 0 Å². The van der Waals surface area contributed by atoms with E-state index in [1.807, 2.05) is 0 Å². The number of hydrogen-bond acceptors (Lipinski definition) is 0. The lowest BCUT2D eigenvalue weighted by molar-refractivity contribution is 0.878. The molecular formula is C8H16Si. The predicted octanol–water partition coefficient (Wildman–Crippen LogP) is 2.90. The van der Waals surface area contributed by atoms with Gasteiger partial charge in [-0.3, -0.25) is 0 Å². The molecule has 0 fully saturated rings. The molecule has 1 heteroatoms. The molecule has 0 unspecified atom stereocenters. The molecule has 0 N–H and O–H groups in total. The van der Waals surface area contributed by atoms with Gasteiger partial charge in [0, 0.05) is 9.52 Å². The maximum Gasteiger partial charge on any atom is 0.0420 e. The lowest BCUT2D eigenvalue weighted by atomic mass is 10.4. The summed E-state index contributed by atoms with van der Waals surface area (Å²) in [5.74, 6) is 0. The van der Waals surface area contributed by atoms with Crippen molar-refractivity contribution in [2.45, 2.75) is 38.8 Å². The molecule has 0 spiro atoms. The zero-order valence-corrected chi connectivity index (χ0v) is 7.48. The first-order chi connectivity index (χ1) is 4.41. The van der Waals surface area contributed by atoms with Crippen molar-refractivity contribution in [3.63, 3.8) is 0 Å². The molecule has 0 saturated heterocycles. The average molecular weight is 140 g/mol. The highest BCUT2D eigenvalue weighted by Crippen LogP contribution is 1.95. The Hall–Kier alpha value is -0.0431. The van der Waals surface area contributed by atoms with Crippen molar-refractivity contribution in [2.75, 3.05) is 0 Å². The van der Waals surface area contributed by atoms with E-state index in [1.165, 1.54) is 24.9 Å². The topological polar surface area (TPSA) is 0 Å². The zero-order chi connectivity index (χ0) is 6.95. The molecular weight excluding hydrogens is 124 g/mol. The van der Waals surface area contributed by atoms with Gasteiger partial charge in [-0.15, -0.1) is 0 Å². The summed E-state index contributed by atoms with van der Waals surface area (Å²) in [5.41, 5.74) is 0. The summed E-state index contributed by atoms with van der Waals surface area (Å²) < 4.78 is 0. The molecule has 0 aliphatic heterocycles. The van der Waals surface area contributed by atoms with Gasteiger partial charge in [0.2, 0.25) is 0 Å². The molecule has 0 aromatic rings. The molecule has 0 aliphatic carbocycles. The van der Waals surface area contributed by atoms with E-state index in [0.29, 0.717) is 0 Å². The van der Waals surface area contributed by atoms with Crippen LogP contribution in [0.5, 0.6) is 0 Å². The highest BCUT2D eigenvalue weighted by Gasteiger charge is 1.83. The normalized spacial score (nSPS) is 10.9. The van der Waals surface area contributed by atoms with Crippen molar-refractivity contribution in [1.82, 2.24) is 0 Å². The van der Waals surface area contributed by atoms with E-state index in [-0.39, 0.29) is 0 Å². The van der Waals surface area contributed by atoms with Gasteiger partial charge in [-0.2, -0.15) is 0 Å². The molecule has 0 heterocycles. The Kier molecular flexibility index (Phi) is 7.92. The Morgan fingerprint density at radius 1 is 1.44 bits per heavy atom. The molecule has 0 aromatic heterocycles. The van der Waals surface area contributed by atoms with Gasteiger partial charge in [-0.1, -0.05) is 38.0 Å². The highest BCUT2D eigenvalue weighted by molar-refractivity contribution is 6.36. The second kappa shape index (κ2) is 7.96. The van der Waals surface area contributed by atoms with Gasteiger partial charge in [0.05, 0.1) is 0 Å². The molecule has 0 atom stereocenters. The molecule has 2 radical (unpaired) electrons. The maximum atomic E-state index is 2.26. The van der Waals surface area contributed by atoms with Crippen LogP contribution < -0.4 is 0 Å². The predicted molar refractivity (Wildman–Crippen MR) is 45.1 cm³/mol. The lowest BCUT2D eigenvalue weighted by Gasteiger charge is -1.90. The Balaban J connectivity index is 2.75. The Labute approximate surface area is 61.2 Å². The molecule has 0 amide bonds. The van der Waals surface area contributed by atoms with E-state index in [4.69, 9.17) is 0 Å². The summed E-state index contributed by atoms with van der Waals surface area (Å²) in [6.07, 6.45) is 7.16. The van der Waals surface area contributed by atoms with E-state index in [1.54, 1.807) is 0 Å². The minimum Gasteiger partial charge on any atom is -0.0920 e.